The van der Waals surface area contributed by atoms with Crippen LogP contribution in [0.25, 0.3) is 0 Å². The second kappa shape index (κ2) is 10.9. The molecule has 0 radical (unpaired) electrons. The van der Waals surface area contributed by atoms with Gasteiger partial charge in [0.1, 0.15) is 0 Å². The highest BCUT2D eigenvalue weighted by atomic mass is 35.5. The van der Waals surface area contributed by atoms with E-state index in [0.717, 1.165) is 0 Å². The molecule has 58 valence electrons. The molecule has 0 aromatic rings. The normalized spacial score (nSPS) is 6.56. The van der Waals surface area contributed by atoms with Crippen molar-refractivity contribution in [2.75, 3.05) is 0 Å². The predicted molar refractivity (Wildman–Crippen MR) is 46.6 cm³/mol. The van der Waals surface area contributed by atoms with Gasteiger partial charge in [-0.3, -0.25) is 0 Å². The minimum absolute atomic E-state index is 0. The van der Waals surface area contributed by atoms with Gasteiger partial charge in [0.05, 0.1) is 0 Å². The van der Waals surface area contributed by atoms with Gasteiger partial charge in [0.15, 0.2) is 0 Å². The number of halogens is 1. The molecule has 2 heteroatoms. The largest absolute Gasteiger partial charge is 0.344 e. The van der Waals surface area contributed by atoms with E-state index in [0.29, 0.717) is 0 Å². The summed E-state index contributed by atoms with van der Waals surface area (Å²) in [5.74, 6) is 0. The van der Waals surface area contributed by atoms with Crippen molar-refractivity contribution in [3.63, 3.8) is 0 Å². The maximum atomic E-state index is 2.26. The zero-order valence-corrected chi connectivity index (χ0v) is 7.42. The van der Waals surface area contributed by atoms with Crippen molar-refractivity contribution in [3.8, 4) is 0 Å². The Balaban J connectivity index is -0.000000180. The molecule has 1 nitrogen and oxygen atoms in total. The first-order chi connectivity index (χ1) is 3.27. The van der Waals surface area contributed by atoms with Gasteiger partial charge in [0.2, 0.25) is 0 Å². The van der Waals surface area contributed by atoms with E-state index in [1.165, 1.54) is 18.4 Å². The van der Waals surface area contributed by atoms with Crippen LogP contribution in [-0.4, -0.2) is 0 Å². The minimum atomic E-state index is 0. The van der Waals surface area contributed by atoms with Crippen LogP contribution in [-0.2, 0) is 0 Å². The maximum Gasteiger partial charge on any atom is -0.0351 e. The van der Waals surface area contributed by atoms with Crippen molar-refractivity contribution in [1.29, 1.82) is 0 Å². The van der Waals surface area contributed by atoms with E-state index in [4.69, 9.17) is 0 Å². The number of hydrogen-bond acceptors (Lipinski definition) is 1. The maximum absolute atomic E-state index is 2.26. The van der Waals surface area contributed by atoms with Gasteiger partial charge < -0.3 is 6.15 Å². The molecule has 0 aliphatic carbocycles. The van der Waals surface area contributed by atoms with E-state index in [1.54, 1.807) is 0 Å². The van der Waals surface area contributed by atoms with Crippen LogP contribution < -0.4 is 6.15 Å². The number of allylic oxidation sites excluding steroid dienone is 2. The highest BCUT2D eigenvalue weighted by Crippen LogP contribution is 1.94. The Bertz CT molecular complexity index is 65.3. The van der Waals surface area contributed by atoms with Crippen LogP contribution in [0.5, 0.6) is 0 Å². The zero-order chi connectivity index (χ0) is 5.70. The van der Waals surface area contributed by atoms with Crippen molar-refractivity contribution in [2.45, 2.75) is 33.6 Å². The molecule has 9 heavy (non-hydrogen) atoms. The average molecular weight is 152 g/mol. The molecular formula is C7H18ClN. The molecule has 0 atom stereocenters. The summed E-state index contributed by atoms with van der Waals surface area (Å²) in [7, 11) is 0. The van der Waals surface area contributed by atoms with Crippen molar-refractivity contribution < 1.29 is 0 Å². The van der Waals surface area contributed by atoms with E-state index in [-0.39, 0.29) is 18.6 Å². The van der Waals surface area contributed by atoms with Gasteiger partial charge in [-0.25, -0.2) is 0 Å². The summed E-state index contributed by atoms with van der Waals surface area (Å²) in [6, 6.07) is 0. The molecule has 0 unspecified atom stereocenters. The Labute approximate surface area is 64.5 Å². The molecule has 0 bridgehead atoms. The molecule has 0 rings (SSSR count). The summed E-state index contributed by atoms with van der Waals surface area (Å²) in [5.41, 5.74) is 1.43. The topological polar surface area (TPSA) is 35.0 Å². The lowest BCUT2D eigenvalue weighted by molar-refractivity contribution is 0.948. The fourth-order valence-electron chi connectivity index (χ4n) is 0.433. The molecule has 0 saturated heterocycles. The van der Waals surface area contributed by atoms with Crippen LogP contribution in [0, 0.1) is 0 Å². The molecule has 0 amide bonds. The van der Waals surface area contributed by atoms with Crippen LogP contribution in [0.15, 0.2) is 11.6 Å². The first-order valence-corrected chi connectivity index (χ1v) is 2.90. The molecule has 0 fully saturated rings. The summed E-state index contributed by atoms with van der Waals surface area (Å²) in [4.78, 5) is 0. The third kappa shape index (κ3) is 18.0. The van der Waals surface area contributed by atoms with Gasteiger partial charge in [0, 0.05) is 0 Å². The highest BCUT2D eigenvalue weighted by molar-refractivity contribution is 5.85. The quantitative estimate of drug-likeness (QED) is 0.604. The Morgan fingerprint density at radius 3 is 1.89 bits per heavy atom. The fourth-order valence-corrected chi connectivity index (χ4v) is 0.433. The van der Waals surface area contributed by atoms with Crippen LogP contribution in [0.2, 0.25) is 0 Å². The Morgan fingerprint density at radius 1 is 1.33 bits per heavy atom. The molecule has 3 N–H and O–H groups in total. The second-order valence-electron chi connectivity index (χ2n) is 2.07. The second-order valence-corrected chi connectivity index (χ2v) is 2.07. The first kappa shape index (κ1) is 16.0. The van der Waals surface area contributed by atoms with E-state index < -0.39 is 0 Å². The van der Waals surface area contributed by atoms with Gasteiger partial charge in [-0.15, -0.1) is 12.4 Å². The third-order valence-corrected chi connectivity index (χ3v) is 0.841. The van der Waals surface area contributed by atoms with E-state index in [2.05, 4.69) is 26.8 Å². The van der Waals surface area contributed by atoms with Crippen molar-refractivity contribution >= 4 is 12.4 Å². The van der Waals surface area contributed by atoms with Gasteiger partial charge in [0.25, 0.3) is 0 Å². The van der Waals surface area contributed by atoms with Gasteiger partial charge in [-0.1, -0.05) is 25.0 Å². The molecule has 0 aliphatic heterocycles. The molecule has 0 aliphatic rings. The molecular weight excluding hydrogens is 134 g/mol. The summed E-state index contributed by atoms with van der Waals surface area (Å²) < 4.78 is 0. The lowest BCUT2D eigenvalue weighted by Gasteiger charge is -1.85. The predicted octanol–water partition coefficient (Wildman–Crippen LogP) is 3.34. The smallest absolute Gasteiger partial charge is 0.0351 e. The average Bonchev–Trinajstić information content (AvgIpc) is 1.61. The van der Waals surface area contributed by atoms with Gasteiger partial charge >= 0.3 is 0 Å². The van der Waals surface area contributed by atoms with E-state index >= 15 is 0 Å². The molecule has 0 saturated carbocycles. The summed E-state index contributed by atoms with van der Waals surface area (Å²) in [6.45, 7) is 6.46. The van der Waals surface area contributed by atoms with Crippen LogP contribution in [0.1, 0.15) is 33.6 Å². The fraction of sp³-hybridized carbons (Fsp3) is 0.714. The van der Waals surface area contributed by atoms with Crippen molar-refractivity contribution in [2.24, 2.45) is 0 Å². The number of hydrogen-bond donors (Lipinski definition) is 1. The number of unbranched alkanes of at least 4 members (excludes halogenated alkanes) is 1. The lowest BCUT2D eigenvalue weighted by atomic mass is 10.2. The summed E-state index contributed by atoms with van der Waals surface area (Å²) in [5, 5.41) is 0. The summed E-state index contributed by atoms with van der Waals surface area (Å²) in [6.07, 6.45) is 4.77. The molecule has 0 aromatic heterocycles. The van der Waals surface area contributed by atoms with E-state index in [9.17, 15) is 0 Å². The lowest BCUT2D eigenvalue weighted by Crippen LogP contribution is -1.64. The van der Waals surface area contributed by atoms with Crippen LogP contribution >= 0.6 is 12.4 Å². The van der Waals surface area contributed by atoms with Gasteiger partial charge in [-0.2, -0.15) is 0 Å². The first-order valence-electron chi connectivity index (χ1n) is 2.90. The van der Waals surface area contributed by atoms with E-state index in [1.807, 2.05) is 0 Å². The van der Waals surface area contributed by atoms with Crippen LogP contribution in [0.4, 0.5) is 0 Å². The van der Waals surface area contributed by atoms with Crippen molar-refractivity contribution in [1.82, 2.24) is 6.15 Å². The Kier molecular flexibility index (Phi) is 19.3. The van der Waals surface area contributed by atoms with Crippen LogP contribution in [0.3, 0.4) is 0 Å². The molecule has 0 spiro atoms. The molecule has 0 aromatic carbocycles. The summed E-state index contributed by atoms with van der Waals surface area (Å²) >= 11 is 0. The number of rotatable bonds is 2. The SMILES string of the molecule is CCCC=C(C)C.Cl.N. The third-order valence-electron chi connectivity index (χ3n) is 0.841. The Hall–Kier alpha value is -0.0100. The minimum Gasteiger partial charge on any atom is -0.344 e. The monoisotopic (exact) mass is 151 g/mol. The highest BCUT2D eigenvalue weighted by Gasteiger charge is 1.73. The molecule has 0 heterocycles. The van der Waals surface area contributed by atoms with Crippen molar-refractivity contribution in [3.05, 3.63) is 11.6 Å². The Morgan fingerprint density at radius 2 is 1.78 bits per heavy atom. The standard InChI is InChI=1S/C7H14.ClH.H3N/c1-4-5-6-7(2)3;;/h6H,4-5H2,1-3H3;1H;1H3. The van der Waals surface area contributed by atoms with Gasteiger partial charge in [-0.05, 0) is 20.3 Å². The zero-order valence-electron chi connectivity index (χ0n) is 6.61.